The summed E-state index contributed by atoms with van der Waals surface area (Å²) in [6.07, 6.45) is 6.18. The van der Waals surface area contributed by atoms with Gasteiger partial charge < -0.3 is 5.73 Å². The highest BCUT2D eigenvalue weighted by molar-refractivity contribution is 5.28. The van der Waals surface area contributed by atoms with E-state index in [-0.39, 0.29) is 11.0 Å². The molecule has 0 spiro atoms. The van der Waals surface area contributed by atoms with Gasteiger partial charge >= 0.3 is 0 Å². The van der Waals surface area contributed by atoms with Crippen LogP contribution in [0.5, 0.6) is 0 Å². The zero-order chi connectivity index (χ0) is 6.41. The topological polar surface area (TPSA) is 26.0 Å². The number of hydrogen-bond acceptors (Lipinski definition) is 1. The van der Waals surface area contributed by atoms with Gasteiger partial charge in [-0.3, -0.25) is 0 Å². The Balaban J connectivity index is 2.72. The summed E-state index contributed by atoms with van der Waals surface area (Å²) in [5.41, 5.74) is 5.62. The van der Waals surface area contributed by atoms with Crippen LogP contribution in [0.4, 0.5) is 0 Å². The highest BCUT2D eigenvalue weighted by Gasteiger charge is 2.57. The second-order valence-electron chi connectivity index (χ2n) is 3.07. The lowest BCUT2D eigenvalue weighted by atomic mass is 10.1. The van der Waals surface area contributed by atoms with Gasteiger partial charge in [0.05, 0.1) is 0 Å². The molecular formula is C7H11N. The maximum absolute atomic E-state index is 5.71. The van der Waals surface area contributed by atoms with Crippen LogP contribution in [0.15, 0.2) is 0 Å². The SMILES string of the molecule is C#CC1(C)CC1(C)N. The third kappa shape index (κ3) is 0.468. The molecule has 0 aromatic carbocycles. The molecular weight excluding hydrogens is 98.1 g/mol. The van der Waals surface area contributed by atoms with Crippen molar-refractivity contribution in [3.05, 3.63) is 0 Å². The molecule has 1 fully saturated rings. The van der Waals surface area contributed by atoms with E-state index in [0.717, 1.165) is 6.42 Å². The minimum atomic E-state index is -0.0816. The minimum Gasteiger partial charge on any atom is -0.324 e. The van der Waals surface area contributed by atoms with Crippen LogP contribution < -0.4 is 5.73 Å². The normalized spacial score (nSPS) is 52.8. The summed E-state index contributed by atoms with van der Waals surface area (Å²) in [5, 5.41) is 0. The van der Waals surface area contributed by atoms with Crippen LogP contribution in [0, 0.1) is 17.8 Å². The fourth-order valence-electron chi connectivity index (χ4n) is 0.906. The van der Waals surface area contributed by atoms with E-state index in [0.29, 0.717) is 0 Å². The predicted octanol–water partition coefficient (Wildman–Crippen LogP) is 0.747. The number of nitrogens with two attached hydrogens (primary N) is 1. The predicted molar refractivity (Wildman–Crippen MR) is 34.1 cm³/mol. The fraction of sp³-hybridized carbons (Fsp3) is 0.714. The number of rotatable bonds is 0. The van der Waals surface area contributed by atoms with E-state index in [4.69, 9.17) is 12.2 Å². The zero-order valence-corrected chi connectivity index (χ0v) is 5.36. The summed E-state index contributed by atoms with van der Waals surface area (Å²) in [5.74, 6) is 2.68. The molecule has 1 aliphatic carbocycles. The third-order valence-corrected chi connectivity index (χ3v) is 2.17. The quantitative estimate of drug-likeness (QED) is 0.456. The zero-order valence-electron chi connectivity index (χ0n) is 5.36. The smallest absolute Gasteiger partial charge is 0.0478 e. The fourth-order valence-corrected chi connectivity index (χ4v) is 0.906. The lowest BCUT2D eigenvalue weighted by Gasteiger charge is -2.04. The van der Waals surface area contributed by atoms with Gasteiger partial charge in [0.15, 0.2) is 0 Å². The molecule has 2 atom stereocenters. The maximum Gasteiger partial charge on any atom is 0.0478 e. The molecule has 0 aromatic rings. The molecule has 0 aliphatic heterocycles. The Morgan fingerprint density at radius 2 is 2.00 bits per heavy atom. The van der Waals surface area contributed by atoms with Gasteiger partial charge in [-0.2, -0.15) is 0 Å². The molecule has 0 heterocycles. The van der Waals surface area contributed by atoms with E-state index in [1.165, 1.54) is 0 Å². The first-order chi connectivity index (χ1) is 3.52. The lowest BCUT2D eigenvalue weighted by molar-refractivity contribution is 0.600. The van der Waals surface area contributed by atoms with E-state index in [2.05, 4.69) is 5.92 Å². The second-order valence-corrected chi connectivity index (χ2v) is 3.07. The van der Waals surface area contributed by atoms with Crippen molar-refractivity contribution in [3.63, 3.8) is 0 Å². The molecule has 0 radical (unpaired) electrons. The van der Waals surface area contributed by atoms with E-state index < -0.39 is 0 Å². The third-order valence-electron chi connectivity index (χ3n) is 2.17. The summed E-state index contributed by atoms with van der Waals surface area (Å²) >= 11 is 0. The van der Waals surface area contributed by atoms with Crippen LogP contribution in [0.2, 0.25) is 0 Å². The largest absolute Gasteiger partial charge is 0.324 e. The van der Waals surface area contributed by atoms with Crippen LogP contribution in [-0.2, 0) is 0 Å². The van der Waals surface area contributed by atoms with E-state index >= 15 is 0 Å². The van der Waals surface area contributed by atoms with Crippen molar-refractivity contribution in [2.24, 2.45) is 11.1 Å². The first-order valence-corrected chi connectivity index (χ1v) is 2.78. The molecule has 2 unspecified atom stereocenters. The molecule has 2 N–H and O–H groups in total. The molecule has 1 nitrogen and oxygen atoms in total. The summed E-state index contributed by atoms with van der Waals surface area (Å²) in [4.78, 5) is 0. The maximum atomic E-state index is 5.71. The lowest BCUT2D eigenvalue weighted by Crippen LogP contribution is -2.23. The Kier molecular flexibility index (Phi) is 0.768. The van der Waals surface area contributed by atoms with Crippen LogP contribution in [0.25, 0.3) is 0 Å². The number of terminal acetylenes is 1. The average Bonchev–Trinajstić information content (AvgIpc) is 2.10. The van der Waals surface area contributed by atoms with Gasteiger partial charge in [-0.1, -0.05) is 5.92 Å². The van der Waals surface area contributed by atoms with Gasteiger partial charge in [0.25, 0.3) is 0 Å². The molecule has 8 heavy (non-hydrogen) atoms. The Morgan fingerprint density at radius 1 is 1.62 bits per heavy atom. The molecule has 0 aromatic heterocycles. The van der Waals surface area contributed by atoms with Gasteiger partial charge in [0.1, 0.15) is 0 Å². The highest BCUT2D eigenvalue weighted by atomic mass is 14.9. The van der Waals surface area contributed by atoms with E-state index in [1.54, 1.807) is 0 Å². The molecule has 1 heteroatoms. The molecule has 1 rings (SSSR count). The van der Waals surface area contributed by atoms with Gasteiger partial charge in [0.2, 0.25) is 0 Å². The van der Waals surface area contributed by atoms with Gasteiger partial charge in [-0.05, 0) is 20.3 Å². The van der Waals surface area contributed by atoms with Crippen LogP contribution in [-0.4, -0.2) is 5.54 Å². The van der Waals surface area contributed by atoms with Crippen LogP contribution in [0.3, 0.4) is 0 Å². The van der Waals surface area contributed by atoms with Crippen molar-refractivity contribution in [1.82, 2.24) is 0 Å². The molecule has 1 saturated carbocycles. The molecule has 0 saturated heterocycles. The van der Waals surface area contributed by atoms with Crippen LogP contribution in [0.1, 0.15) is 20.3 Å². The second kappa shape index (κ2) is 1.09. The Bertz CT molecular complexity index is 152. The Labute approximate surface area is 50.3 Å². The van der Waals surface area contributed by atoms with Crippen LogP contribution >= 0.6 is 0 Å². The van der Waals surface area contributed by atoms with Crippen molar-refractivity contribution >= 4 is 0 Å². The van der Waals surface area contributed by atoms with Gasteiger partial charge in [-0.15, -0.1) is 6.42 Å². The standard InChI is InChI=1S/C7H11N/c1-4-6(2)5-7(6,3)8/h1H,5,8H2,2-3H3. The van der Waals surface area contributed by atoms with Crippen molar-refractivity contribution < 1.29 is 0 Å². The molecule has 0 bridgehead atoms. The summed E-state index contributed by atoms with van der Waals surface area (Å²) in [6, 6.07) is 0. The first-order valence-electron chi connectivity index (χ1n) is 2.78. The highest BCUT2D eigenvalue weighted by Crippen LogP contribution is 2.52. The molecule has 44 valence electrons. The number of hydrogen-bond donors (Lipinski definition) is 1. The van der Waals surface area contributed by atoms with Crippen molar-refractivity contribution in [3.8, 4) is 12.3 Å². The minimum absolute atomic E-state index is 0.00694. The van der Waals surface area contributed by atoms with Crippen molar-refractivity contribution in [2.75, 3.05) is 0 Å². The van der Waals surface area contributed by atoms with Crippen molar-refractivity contribution in [1.29, 1.82) is 0 Å². The van der Waals surface area contributed by atoms with Gasteiger partial charge in [0, 0.05) is 11.0 Å². The molecule has 0 amide bonds. The van der Waals surface area contributed by atoms with E-state index in [9.17, 15) is 0 Å². The summed E-state index contributed by atoms with van der Waals surface area (Å²) in [7, 11) is 0. The average molecular weight is 109 g/mol. The monoisotopic (exact) mass is 109 g/mol. The summed E-state index contributed by atoms with van der Waals surface area (Å²) in [6.45, 7) is 4.01. The van der Waals surface area contributed by atoms with E-state index in [1.807, 2.05) is 13.8 Å². The Morgan fingerprint density at radius 3 is 2.00 bits per heavy atom. The van der Waals surface area contributed by atoms with Crippen molar-refractivity contribution in [2.45, 2.75) is 25.8 Å². The van der Waals surface area contributed by atoms with Gasteiger partial charge in [-0.25, -0.2) is 0 Å². The summed E-state index contributed by atoms with van der Waals surface area (Å²) < 4.78 is 0. The molecule has 1 aliphatic rings. The first kappa shape index (κ1) is 5.65. The Hall–Kier alpha value is -0.480.